The van der Waals surface area contributed by atoms with Crippen LogP contribution in [0.4, 0.5) is 14.4 Å². The number of nitrogens with zero attached hydrogens (tertiary/aromatic N) is 2. The molecular formula is C34H58N6O11. The Labute approximate surface area is 300 Å². The van der Waals surface area contributed by atoms with E-state index in [1.807, 2.05) is 0 Å². The van der Waals surface area contributed by atoms with Crippen molar-refractivity contribution >= 4 is 36.1 Å². The maximum absolute atomic E-state index is 13.6. The van der Waals surface area contributed by atoms with Crippen LogP contribution < -0.4 is 21.0 Å². The van der Waals surface area contributed by atoms with Gasteiger partial charge in [0.1, 0.15) is 34.6 Å². The molecule has 3 unspecified atom stereocenters. The first kappa shape index (κ1) is 43.0. The van der Waals surface area contributed by atoms with Crippen molar-refractivity contribution in [2.75, 3.05) is 19.6 Å². The molecule has 0 saturated heterocycles. The summed E-state index contributed by atoms with van der Waals surface area (Å²) in [6.07, 6.45) is -4.14. The molecule has 0 aromatic rings. The fourth-order valence-electron chi connectivity index (χ4n) is 4.80. The van der Waals surface area contributed by atoms with Crippen LogP contribution in [0.25, 0.3) is 0 Å². The van der Waals surface area contributed by atoms with Gasteiger partial charge in [-0.1, -0.05) is 27.7 Å². The normalized spacial score (nSPS) is 18.4. The Balaban J connectivity index is 2.31. The van der Waals surface area contributed by atoms with Crippen molar-refractivity contribution in [3.8, 4) is 0 Å². The van der Waals surface area contributed by atoms with Gasteiger partial charge < -0.3 is 44.8 Å². The van der Waals surface area contributed by atoms with Gasteiger partial charge in [-0.15, -0.1) is 0 Å². The second-order valence-electron chi connectivity index (χ2n) is 16.1. The van der Waals surface area contributed by atoms with E-state index in [4.69, 9.17) is 23.7 Å². The standard InChI is InChI=1S/C34H58N6O11/c1-19(2)24(37-29(43)49-32(5,6)7)27(41)47-23(48-28(42)25(20(3)4)38-30(44)50-33(8,9)10)15-14-22-36-18-21-26(40(22)46)35-16-17-39(21)31(45)51-34(11,12)13/h19-20,23-25,35,40H,14-18H2,1-13H3,(H,37,43)(H,38,44). The molecule has 0 fully saturated rings. The van der Waals surface area contributed by atoms with Crippen LogP contribution in [-0.4, -0.2) is 95.8 Å². The van der Waals surface area contributed by atoms with Crippen molar-refractivity contribution in [1.82, 2.24) is 20.9 Å². The summed E-state index contributed by atoms with van der Waals surface area (Å²) in [6, 6.07) is -2.37. The highest BCUT2D eigenvalue weighted by Gasteiger charge is 2.38. The summed E-state index contributed by atoms with van der Waals surface area (Å²) in [6.45, 7) is 22.6. The van der Waals surface area contributed by atoms with Gasteiger partial charge >= 0.3 is 30.2 Å². The minimum absolute atomic E-state index is 0.00262. The Morgan fingerprint density at radius 2 is 1.25 bits per heavy atom. The molecule has 51 heavy (non-hydrogen) atoms. The lowest BCUT2D eigenvalue weighted by Gasteiger charge is -2.38. The van der Waals surface area contributed by atoms with Gasteiger partial charge in [0.2, 0.25) is 17.9 Å². The van der Waals surface area contributed by atoms with Gasteiger partial charge in [-0.2, -0.15) is 0 Å². The van der Waals surface area contributed by atoms with Gasteiger partial charge in [-0.25, -0.2) is 29.0 Å². The van der Waals surface area contributed by atoms with Crippen LogP contribution in [-0.2, 0) is 33.3 Å². The molecule has 17 nitrogen and oxygen atoms in total. The second-order valence-corrected chi connectivity index (χ2v) is 16.1. The molecule has 4 N–H and O–H groups in total. The molecule has 0 spiro atoms. The number of rotatable bonds is 11. The molecule has 17 heteroatoms. The average molecular weight is 727 g/mol. The molecule has 0 radical (unpaired) electrons. The summed E-state index contributed by atoms with van der Waals surface area (Å²) in [4.78, 5) is 70.7. The number of esters is 2. The maximum Gasteiger partial charge on any atom is 0.414 e. The lowest BCUT2D eigenvalue weighted by molar-refractivity contribution is -0.711. The molecule has 0 saturated carbocycles. The number of hydrogen-bond donors (Lipinski definition) is 4. The minimum Gasteiger partial charge on any atom is -0.621 e. The van der Waals surface area contributed by atoms with Crippen molar-refractivity contribution in [2.24, 2.45) is 16.8 Å². The van der Waals surface area contributed by atoms with E-state index < -0.39 is 82.3 Å². The number of carbonyl (C=O) groups excluding carboxylic acids is 5. The number of ether oxygens (including phenoxy) is 5. The monoisotopic (exact) mass is 726 g/mol. The number of hydrogen-bond acceptors (Lipinski definition) is 13. The Morgan fingerprint density at radius 3 is 1.67 bits per heavy atom. The number of aliphatic imine (C=N–C) groups is 1. The first-order valence-electron chi connectivity index (χ1n) is 17.2. The second kappa shape index (κ2) is 17.4. The van der Waals surface area contributed by atoms with Crippen LogP contribution in [0, 0.1) is 17.0 Å². The highest BCUT2D eigenvalue weighted by atomic mass is 16.7. The van der Waals surface area contributed by atoms with E-state index >= 15 is 0 Å². The molecule has 0 aliphatic carbocycles. The van der Waals surface area contributed by atoms with Gasteiger partial charge in [0.05, 0.1) is 6.54 Å². The molecule has 3 atom stereocenters. The predicted octanol–water partition coefficient (Wildman–Crippen LogP) is 3.08. The van der Waals surface area contributed by atoms with E-state index in [1.165, 1.54) is 4.90 Å². The van der Waals surface area contributed by atoms with Crippen LogP contribution in [0.2, 0.25) is 0 Å². The number of alkyl carbamates (subject to hydrolysis) is 2. The summed E-state index contributed by atoms with van der Waals surface area (Å²) in [7, 11) is 0. The zero-order chi connectivity index (χ0) is 39.1. The van der Waals surface area contributed by atoms with Gasteiger partial charge in [0.15, 0.2) is 0 Å². The quantitative estimate of drug-likeness (QED) is 0.105. The highest BCUT2D eigenvalue weighted by molar-refractivity contribution is 5.83. The Bertz CT molecular complexity index is 1290. The number of amidine groups is 1. The Morgan fingerprint density at radius 1 is 0.804 bits per heavy atom. The minimum atomic E-state index is -1.56. The number of quaternary nitrogens is 1. The number of carbonyl (C=O) groups is 5. The van der Waals surface area contributed by atoms with Crippen LogP contribution >= 0.6 is 0 Å². The van der Waals surface area contributed by atoms with Crippen molar-refractivity contribution in [3.05, 3.63) is 16.7 Å². The largest absolute Gasteiger partial charge is 0.621 e. The van der Waals surface area contributed by atoms with E-state index in [2.05, 4.69) is 20.9 Å². The number of amides is 3. The van der Waals surface area contributed by atoms with Crippen LogP contribution in [0.3, 0.4) is 0 Å². The van der Waals surface area contributed by atoms with E-state index in [9.17, 15) is 29.2 Å². The zero-order valence-corrected chi connectivity index (χ0v) is 32.3. The van der Waals surface area contributed by atoms with Crippen molar-refractivity contribution in [2.45, 2.75) is 138 Å². The van der Waals surface area contributed by atoms with Crippen molar-refractivity contribution < 1.29 is 52.7 Å². The third-order valence-electron chi connectivity index (χ3n) is 7.07. The molecule has 290 valence electrons. The summed E-state index contributed by atoms with van der Waals surface area (Å²) < 4.78 is 27.4. The number of hydroxylamine groups is 2. The zero-order valence-electron chi connectivity index (χ0n) is 32.3. The summed E-state index contributed by atoms with van der Waals surface area (Å²) in [5, 5.41) is 21.2. The molecule has 0 aromatic heterocycles. The molecule has 2 rings (SSSR count). The summed E-state index contributed by atoms with van der Waals surface area (Å²) >= 11 is 0. The lowest BCUT2D eigenvalue weighted by Crippen LogP contribution is -3.11. The van der Waals surface area contributed by atoms with E-state index in [1.54, 1.807) is 90.0 Å². The third-order valence-corrected chi connectivity index (χ3v) is 7.07. The van der Waals surface area contributed by atoms with Gasteiger partial charge in [-0.3, -0.25) is 9.96 Å². The van der Waals surface area contributed by atoms with E-state index in [-0.39, 0.29) is 37.6 Å². The van der Waals surface area contributed by atoms with Gasteiger partial charge in [0.25, 0.3) is 0 Å². The molecule has 2 aliphatic rings. The maximum atomic E-state index is 13.6. The van der Waals surface area contributed by atoms with E-state index in [0.29, 0.717) is 12.2 Å². The average Bonchev–Trinajstić information content (AvgIpc) is 2.94. The number of nitrogens with one attached hydrogen (secondary N) is 4. The fraction of sp³-hybridized carbons (Fsp3) is 0.765. The topological polar surface area (TPSA) is 211 Å². The molecule has 2 aliphatic heterocycles. The van der Waals surface area contributed by atoms with Crippen molar-refractivity contribution in [3.63, 3.8) is 0 Å². The fourth-order valence-corrected chi connectivity index (χ4v) is 4.80. The van der Waals surface area contributed by atoms with Crippen molar-refractivity contribution in [1.29, 1.82) is 0 Å². The van der Waals surface area contributed by atoms with Gasteiger partial charge in [0, 0.05) is 25.9 Å². The van der Waals surface area contributed by atoms with E-state index in [0.717, 1.165) is 0 Å². The highest BCUT2D eigenvalue weighted by Crippen LogP contribution is 2.20. The Kier molecular flexibility index (Phi) is 14.7. The SMILES string of the molecule is CC(C)C(NC(=O)OC(C)(C)C)C(=O)OC(CCC1=NCC2=C(NCCN2C(=O)OC(C)(C)C)[NH+]1[O-])OC(=O)C(NC(=O)OC(C)(C)C)C(C)C. The summed E-state index contributed by atoms with van der Waals surface area (Å²) in [5.74, 6) is -2.45. The smallest absolute Gasteiger partial charge is 0.414 e. The Hall–Kier alpha value is -4.12. The molecule has 0 bridgehead atoms. The lowest BCUT2D eigenvalue weighted by atomic mass is 10.0. The molecular weight excluding hydrogens is 668 g/mol. The molecule has 3 amide bonds. The molecule has 2 heterocycles. The predicted molar refractivity (Wildman–Crippen MR) is 186 cm³/mol. The van der Waals surface area contributed by atoms with Gasteiger partial charge in [-0.05, 0) is 74.1 Å². The first-order chi connectivity index (χ1) is 23.3. The van der Waals surface area contributed by atoms with Crippen LogP contribution in [0.1, 0.15) is 103 Å². The first-order valence-corrected chi connectivity index (χ1v) is 17.2. The third kappa shape index (κ3) is 14.2. The van der Waals surface area contributed by atoms with Crippen LogP contribution in [0.15, 0.2) is 16.5 Å². The molecule has 0 aromatic carbocycles. The van der Waals surface area contributed by atoms with Crippen LogP contribution in [0.5, 0.6) is 0 Å². The summed E-state index contributed by atoms with van der Waals surface area (Å²) in [5.41, 5.74) is -2.03.